The first kappa shape index (κ1) is 9.62. The Bertz CT molecular complexity index is 333. The summed E-state index contributed by atoms with van der Waals surface area (Å²) in [4.78, 5) is 3.63. The summed E-state index contributed by atoms with van der Waals surface area (Å²) in [5, 5.41) is 16.9. The molecule has 0 aromatic carbocycles. The van der Waals surface area contributed by atoms with Crippen LogP contribution in [0.4, 0.5) is 4.39 Å². The fourth-order valence-corrected chi connectivity index (χ4v) is 0.980. The number of aliphatic hydroxyl groups is 1. The molecule has 1 N–H and O–H groups in total. The third-order valence-corrected chi connectivity index (χ3v) is 1.63. The molecule has 0 unspecified atom stereocenters. The average Bonchev–Trinajstić information content (AvgIpc) is 2.15. The van der Waals surface area contributed by atoms with Gasteiger partial charge in [0, 0.05) is 12.8 Å². The van der Waals surface area contributed by atoms with E-state index >= 15 is 0 Å². The number of halogens is 1. The lowest BCUT2D eigenvalue weighted by Crippen LogP contribution is -1.95. The molecule has 3 nitrogen and oxygen atoms in total. The maximum Gasteiger partial charge on any atom is 0.176 e. The van der Waals surface area contributed by atoms with E-state index in [1.807, 2.05) is 0 Å². The zero-order chi connectivity index (χ0) is 9.68. The highest BCUT2D eigenvalue weighted by molar-refractivity contribution is 5.25. The monoisotopic (exact) mass is 180 g/mol. The van der Waals surface area contributed by atoms with Crippen LogP contribution in [0.2, 0.25) is 0 Å². The molecule has 13 heavy (non-hydrogen) atoms. The fraction of sp³-hybridized carbons (Fsp3) is 0.333. The Morgan fingerprint density at radius 1 is 1.62 bits per heavy atom. The van der Waals surface area contributed by atoms with Crippen LogP contribution in [0, 0.1) is 17.1 Å². The summed E-state index contributed by atoms with van der Waals surface area (Å²) < 4.78 is 12.9. The number of rotatable bonds is 3. The van der Waals surface area contributed by atoms with Crippen molar-refractivity contribution in [3.05, 3.63) is 29.3 Å². The van der Waals surface area contributed by atoms with Gasteiger partial charge in [0.2, 0.25) is 0 Å². The topological polar surface area (TPSA) is 56.9 Å². The lowest BCUT2D eigenvalue weighted by Gasteiger charge is -1.99. The second kappa shape index (κ2) is 4.53. The molecule has 0 amide bonds. The zero-order valence-corrected chi connectivity index (χ0v) is 7.00. The van der Waals surface area contributed by atoms with Crippen molar-refractivity contribution in [2.75, 3.05) is 6.61 Å². The molecule has 1 rings (SSSR count). The first-order chi connectivity index (χ1) is 6.27. The zero-order valence-electron chi connectivity index (χ0n) is 7.00. The minimum atomic E-state index is -0.599. The number of hydrogen-bond acceptors (Lipinski definition) is 3. The molecule has 0 aliphatic heterocycles. The van der Waals surface area contributed by atoms with Gasteiger partial charge in [0.15, 0.2) is 11.5 Å². The van der Waals surface area contributed by atoms with Crippen molar-refractivity contribution in [2.24, 2.45) is 0 Å². The molecule has 0 aliphatic carbocycles. The van der Waals surface area contributed by atoms with Crippen molar-refractivity contribution in [3.63, 3.8) is 0 Å². The van der Waals surface area contributed by atoms with Crippen LogP contribution in [-0.2, 0) is 6.42 Å². The van der Waals surface area contributed by atoms with Gasteiger partial charge in [-0.15, -0.1) is 0 Å². The number of aryl methyl sites for hydroxylation is 1. The number of nitriles is 1. The molecule has 1 aromatic heterocycles. The molecule has 1 heterocycles. The third kappa shape index (κ3) is 2.49. The van der Waals surface area contributed by atoms with E-state index in [9.17, 15) is 4.39 Å². The second-order valence-electron chi connectivity index (χ2n) is 2.61. The van der Waals surface area contributed by atoms with Crippen LogP contribution >= 0.6 is 0 Å². The van der Waals surface area contributed by atoms with E-state index in [1.54, 1.807) is 6.07 Å². The van der Waals surface area contributed by atoms with Crippen LogP contribution < -0.4 is 0 Å². The summed E-state index contributed by atoms with van der Waals surface area (Å²) in [6.45, 7) is 0.0711. The molecule has 4 heteroatoms. The fourth-order valence-electron chi connectivity index (χ4n) is 0.980. The first-order valence-corrected chi connectivity index (χ1v) is 3.93. The van der Waals surface area contributed by atoms with E-state index < -0.39 is 5.82 Å². The standard InChI is InChI=1S/C9H9FN2O/c10-8-4-7(2-1-3-13)6-12-9(8)5-11/h4,6,13H,1-3H2. The van der Waals surface area contributed by atoms with Gasteiger partial charge in [-0.3, -0.25) is 0 Å². The van der Waals surface area contributed by atoms with Gasteiger partial charge in [0.1, 0.15) is 6.07 Å². The van der Waals surface area contributed by atoms with Crippen molar-refractivity contribution in [3.8, 4) is 6.07 Å². The van der Waals surface area contributed by atoms with Crippen molar-refractivity contribution in [1.82, 2.24) is 4.98 Å². The molecule has 0 fully saturated rings. The lowest BCUT2D eigenvalue weighted by atomic mass is 10.1. The van der Waals surface area contributed by atoms with Gasteiger partial charge in [-0.05, 0) is 24.5 Å². The Kier molecular flexibility index (Phi) is 3.35. The van der Waals surface area contributed by atoms with Crippen LogP contribution in [0.3, 0.4) is 0 Å². The predicted molar refractivity (Wildman–Crippen MR) is 44.3 cm³/mol. The van der Waals surface area contributed by atoms with Crippen molar-refractivity contribution in [1.29, 1.82) is 5.26 Å². The molecule has 0 bridgehead atoms. The van der Waals surface area contributed by atoms with Gasteiger partial charge in [0.25, 0.3) is 0 Å². The van der Waals surface area contributed by atoms with E-state index in [1.165, 1.54) is 12.3 Å². The number of pyridine rings is 1. The Hall–Kier alpha value is -1.47. The summed E-state index contributed by atoms with van der Waals surface area (Å²) >= 11 is 0. The minimum absolute atomic E-state index is 0.0711. The van der Waals surface area contributed by atoms with Crippen LogP contribution in [0.25, 0.3) is 0 Å². The van der Waals surface area contributed by atoms with E-state index in [0.29, 0.717) is 18.4 Å². The largest absolute Gasteiger partial charge is 0.396 e. The summed E-state index contributed by atoms with van der Waals surface area (Å²) in [6, 6.07) is 2.92. The molecule has 0 saturated carbocycles. The van der Waals surface area contributed by atoms with Crippen molar-refractivity contribution < 1.29 is 9.50 Å². The number of aliphatic hydroxyl groups excluding tert-OH is 1. The van der Waals surface area contributed by atoms with E-state index in [0.717, 1.165) is 0 Å². The summed E-state index contributed by atoms with van der Waals surface area (Å²) in [5.74, 6) is -0.599. The maximum atomic E-state index is 12.9. The summed E-state index contributed by atoms with van der Waals surface area (Å²) in [5.41, 5.74) is 0.512. The van der Waals surface area contributed by atoms with Gasteiger partial charge in [0.05, 0.1) is 0 Å². The van der Waals surface area contributed by atoms with Gasteiger partial charge in [-0.1, -0.05) is 0 Å². The van der Waals surface area contributed by atoms with Gasteiger partial charge in [-0.2, -0.15) is 5.26 Å². The van der Waals surface area contributed by atoms with Gasteiger partial charge in [-0.25, -0.2) is 9.37 Å². The molecule has 68 valence electrons. The number of hydrogen-bond donors (Lipinski definition) is 1. The predicted octanol–water partition coefficient (Wildman–Crippen LogP) is 1.02. The highest BCUT2D eigenvalue weighted by atomic mass is 19.1. The van der Waals surface area contributed by atoms with Crippen molar-refractivity contribution in [2.45, 2.75) is 12.8 Å². The van der Waals surface area contributed by atoms with Crippen LogP contribution in [0.1, 0.15) is 17.7 Å². The quantitative estimate of drug-likeness (QED) is 0.755. The summed E-state index contributed by atoms with van der Waals surface area (Å²) in [6.07, 6.45) is 2.61. The molecule has 0 radical (unpaired) electrons. The summed E-state index contributed by atoms with van der Waals surface area (Å²) in [7, 11) is 0. The molecule has 0 spiro atoms. The SMILES string of the molecule is N#Cc1ncc(CCCO)cc1F. The van der Waals surface area contributed by atoms with Gasteiger partial charge < -0.3 is 5.11 Å². The van der Waals surface area contributed by atoms with Gasteiger partial charge >= 0.3 is 0 Å². The molecule has 0 aliphatic rings. The first-order valence-electron chi connectivity index (χ1n) is 3.93. The highest BCUT2D eigenvalue weighted by Crippen LogP contribution is 2.07. The third-order valence-electron chi connectivity index (χ3n) is 1.63. The van der Waals surface area contributed by atoms with Crippen LogP contribution in [-0.4, -0.2) is 16.7 Å². The van der Waals surface area contributed by atoms with E-state index in [4.69, 9.17) is 10.4 Å². The Balaban J connectivity index is 2.79. The Morgan fingerprint density at radius 2 is 2.38 bits per heavy atom. The van der Waals surface area contributed by atoms with Crippen LogP contribution in [0.5, 0.6) is 0 Å². The smallest absolute Gasteiger partial charge is 0.176 e. The molecule has 0 atom stereocenters. The minimum Gasteiger partial charge on any atom is -0.396 e. The molecular formula is C9H9FN2O. The number of aromatic nitrogens is 1. The normalized spacial score (nSPS) is 9.62. The van der Waals surface area contributed by atoms with Crippen LogP contribution in [0.15, 0.2) is 12.3 Å². The van der Waals surface area contributed by atoms with Crippen molar-refractivity contribution >= 4 is 0 Å². The maximum absolute atomic E-state index is 12.9. The average molecular weight is 180 g/mol. The Labute approximate surface area is 75.5 Å². The second-order valence-corrected chi connectivity index (χ2v) is 2.61. The molecular weight excluding hydrogens is 171 g/mol. The molecule has 0 saturated heterocycles. The molecule has 1 aromatic rings. The Morgan fingerprint density at radius 3 is 2.92 bits per heavy atom. The van der Waals surface area contributed by atoms with E-state index in [-0.39, 0.29) is 12.3 Å². The lowest BCUT2D eigenvalue weighted by molar-refractivity contribution is 0.288. The van der Waals surface area contributed by atoms with E-state index in [2.05, 4.69) is 4.98 Å². The highest BCUT2D eigenvalue weighted by Gasteiger charge is 2.03. The number of nitrogens with zero attached hydrogens (tertiary/aromatic N) is 2.